The molecule has 0 aliphatic heterocycles. The Balaban J connectivity index is 1.72. The van der Waals surface area contributed by atoms with Crippen molar-refractivity contribution >= 4 is 21.6 Å². The van der Waals surface area contributed by atoms with Gasteiger partial charge in [0.25, 0.3) is 15.9 Å². The zero-order valence-electron chi connectivity index (χ0n) is 16.4. The second-order valence-corrected chi connectivity index (χ2v) is 9.18. The second-order valence-electron chi connectivity index (χ2n) is 7.50. The van der Waals surface area contributed by atoms with E-state index in [2.05, 4.69) is 10.0 Å². The molecule has 0 saturated carbocycles. The van der Waals surface area contributed by atoms with Crippen molar-refractivity contribution in [1.29, 1.82) is 0 Å². The standard InChI is InChI=1S/C23H24N2O3S/c1-23(2,17-18-10-5-3-6-11-18)24-22(26)19-12-9-13-20(16-19)25-29(27,28)21-14-7-4-8-15-21/h3-16,25H,17H2,1-2H3,(H,24,26). The SMILES string of the molecule is CC(C)(Cc1ccccc1)NC(=O)c1cccc(NS(=O)(=O)c2ccccc2)c1. The number of amides is 1. The maximum Gasteiger partial charge on any atom is 0.261 e. The molecule has 0 aliphatic rings. The fourth-order valence-corrected chi connectivity index (χ4v) is 4.14. The number of sulfonamides is 1. The lowest BCUT2D eigenvalue weighted by Gasteiger charge is -2.26. The smallest absolute Gasteiger partial charge is 0.261 e. The molecule has 1 amide bonds. The summed E-state index contributed by atoms with van der Waals surface area (Å²) >= 11 is 0. The van der Waals surface area contributed by atoms with E-state index in [1.807, 2.05) is 44.2 Å². The van der Waals surface area contributed by atoms with Crippen molar-refractivity contribution in [3.63, 3.8) is 0 Å². The van der Waals surface area contributed by atoms with Gasteiger partial charge in [-0.15, -0.1) is 0 Å². The molecule has 0 fully saturated rings. The normalized spacial score (nSPS) is 11.7. The number of anilines is 1. The molecule has 29 heavy (non-hydrogen) atoms. The number of benzene rings is 3. The van der Waals surface area contributed by atoms with Crippen molar-refractivity contribution in [1.82, 2.24) is 5.32 Å². The first-order valence-corrected chi connectivity index (χ1v) is 10.8. The number of hydrogen-bond donors (Lipinski definition) is 2. The molecular weight excluding hydrogens is 384 g/mol. The van der Waals surface area contributed by atoms with E-state index in [1.165, 1.54) is 18.2 Å². The van der Waals surface area contributed by atoms with Crippen LogP contribution in [0.3, 0.4) is 0 Å². The zero-order chi connectivity index (χ0) is 20.9. The molecule has 2 N–H and O–H groups in total. The van der Waals surface area contributed by atoms with Crippen LogP contribution in [0.15, 0.2) is 89.8 Å². The first kappa shape index (κ1) is 20.6. The van der Waals surface area contributed by atoms with Crippen LogP contribution in [0.25, 0.3) is 0 Å². The summed E-state index contributed by atoms with van der Waals surface area (Å²) in [5.74, 6) is -0.258. The summed E-state index contributed by atoms with van der Waals surface area (Å²) in [5.41, 5.74) is 1.39. The predicted molar refractivity (Wildman–Crippen MR) is 115 cm³/mol. The molecule has 6 heteroatoms. The summed E-state index contributed by atoms with van der Waals surface area (Å²) in [5, 5.41) is 3.03. The minimum atomic E-state index is -3.71. The third-order valence-electron chi connectivity index (χ3n) is 4.37. The van der Waals surface area contributed by atoms with Crippen LogP contribution >= 0.6 is 0 Å². The molecule has 0 saturated heterocycles. The lowest BCUT2D eigenvalue weighted by Crippen LogP contribution is -2.45. The van der Waals surface area contributed by atoms with Gasteiger partial charge in [0.2, 0.25) is 0 Å². The highest BCUT2D eigenvalue weighted by atomic mass is 32.2. The van der Waals surface area contributed by atoms with Gasteiger partial charge in [0.05, 0.1) is 4.90 Å². The summed E-state index contributed by atoms with van der Waals surface area (Å²) in [7, 11) is -3.71. The molecule has 0 bridgehead atoms. The van der Waals surface area contributed by atoms with Crippen LogP contribution in [0.4, 0.5) is 5.69 Å². The first-order chi connectivity index (χ1) is 13.8. The first-order valence-electron chi connectivity index (χ1n) is 9.30. The summed E-state index contributed by atoms with van der Waals surface area (Å²) in [6.07, 6.45) is 0.680. The average molecular weight is 409 g/mol. The fourth-order valence-electron chi connectivity index (χ4n) is 3.07. The lowest BCUT2D eigenvalue weighted by atomic mass is 9.94. The van der Waals surface area contributed by atoms with E-state index in [9.17, 15) is 13.2 Å². The van der Waals surface area contributed by atoms with Gasteiger partial charge in [-0.3, -0.25) is 9.52 Å². The van der Waals surface area contributed by atoms with Gasteiger partial charge in [0.15, 0.2) is 0 Å². The van der Waals surface area contributed by atoms with Crippen molar-refractivity contribution in [2.45, 2.75) is 30.7 Å². The molecule has 0 unspecified atom stereocenters. The second kappa shape index (κ2) is 8.49. The topological polar surface area (TPSA) is 75.3 Å². The Morgan fingerprint density at radius 1 is 0.862 bits per heavy atom. The summed E-state index contributed by atoms with van der Waals surface area (Å²) in [4.78, 5) is 12.9. The van der Waals surface area contributed by atoms with E-state index in [-0.39, 0.29) is 10.8 Å². The molecule has 0 heterocycles. The van der Waals surface area contributed by atoms with Gasteiger partial charge in [0, 0.05) is 16.8 Å². The van der Waals surface area contributed by atoms with Gasteiger partial charge >= 0.3 is 0 Å². The maximum absolute atomic E-state index is 12.7. The van der Waals surface area contributed by atoms with E-state index in [0.29, 0.717) is 17.7 Å². The monoisotopic (exact) mass is 408 g/mol. The van der Waals surface area contributed by atoms with Gasteiger partial charge in [-0.2, -0.15) is 0 Å². The van der Waals surface area contributed by atoms with Crippen molar-refractivity contribution < 1.29 is 13.2 Å². The number of nitrogens with one attached hydrogen (secondary N) is 2. The Kier molecular flexibility index (Phi) is 6.03. The Morgan fingerprint density at radius 2 is 1.48 bits per heavy atom. The van der Waals surface area contributed by atoms with Crippen molar-refractivity contribution in [3.8, 4) is 0 Å². The lowest BCUT2D eigenvalue weighted by molar-refractivity contribution is 0.0913. The summed E-state index contributed by atoms with van der Waals surface area (Å²) in [6, 6.07) is 24.5. The highest BCUT2D eigenvalue weighted by Crippen LogP contribution is 2.18. The minimum Gasteiger partial charge on any atom is -0.347 e. The minimum absolute atomic E-state index is 0.166. The maximum atomic E-state index is 12.7. The third-order valence-corrected chi connectivity index (χ3v) is 5.77. The molecule has 3 aromatic rings. The van der Waals surface area contributed by atoms with Crippen LogP contribution < -0.4 is 10.0 Å². The number of hydrogen-bond acceptors (Lipinski definition) is 3. The Bertz CT molecular complexity index is 1080. The molecule has 0 aromatic heterocycles. The van der Waals surface area contributed by atoms with Gasteiger partial charge in [0.1, 0.15) is 0 Å². The van der Waals surface area contributed by atoms with Crippen LogP contribution in [0.5, 0.6) is 0 Å². The largest absolute Gasteiger partial charge is 0.347 e. The molecule has 5 nitrogen and oxygen atoms in total. The van der Waals surface area contributed by atoms with E-state index in [1.54, 1.807) is 36.4 Å². The number of rotatable bonds is 7. The van der Waals surface area contributed by atoms with Crippen LogP contribution in [0.2, 0.25) is 0 Å². The van der Waals surface area contributed by atoms with Crippen LogP contribution in [-0.4, -0.2) is 19.9 Å². The number of carbonyl (C=O) groups is 1. The Morgan fingerprint density at radius 3 is 2.14 bits per heavy atom. The molecule has 150 valence electrons. The average Bonchev–Trinajstić information content (AvgIpc) is 2.68. The van der Waals surface area contributed by atoms with Gasteiger partial charge in [-0.05, 0) is 56.2 Å². The third kappa shape index (κ3) is 5.68. The Hall–Kier alpha value is -3.12. The molecule has 0 spiro atoms. The van der Waals surface area contributed by atoms with Gasteiger partial charge < -0.3 is 5.32 Å². The van der Waals surface area contributed by atoms with Crippen LogP contribution in [0.1, 0.15) is 29.8 Å². The van der Waals surface area contributed by atoms with Crippen molar-refractivity contribution in [3.05, 3.63) is 96.1 Å². The molecule has 3 aromatic carbocycles. The Labute approximate surface area is 171 Å². The summed E-state index contributed by atoms with van der Waals surface area (Å²) < 4.78 is 27.5. The van der Waals surface area contributed by atoms with Crippen molar-refractivity contribution in [2.75, 3.05) is 4.72 Å². The number of carbonyl (C=O) groups excluding carboxylic acids is 1. The zero-order valence-corrected chi connectivity index (χ0v) is 17.2. The van der Waals surface area contributed by atoms with E-state index in [4.69, 9.17) is 0 Å². The molecular formula is C23H24N2O3S. The van der Waals surface area contributed by atoms with E-state index in [0.717, 1.165) is 5.56 Å². The van der Waals surface area contributed by atoms with Gasteiger partial charge in [-0.1, -0.05) is 54.6 Å². The van der Waals surface area contributed by atoms with E-state index < -0.39 is 15.6 Å². The summed E-state index contributed by atoms with van der Waals surface area (Å²) in [6.45, 7) is 3.92. The van der Waals surface area contributed by atoms with Crippen LogP contribution in [-0.2, 0) is 16.4 Å². The van der Waals surface area contributed by atoms with Gasteiger partial charge in [-0.25, -0.2) is 8.42 Å². The highest BCUT2D eigenvalue weighted by molar-refractivity contribution is 7.92. The fraction of sp³-hybridized carbons (Fsp3) is 0.174. The van der Waals surface area contributed by atoms with Crippen LogP contribution in [0, 0.1) is 0 Å². The van der Waals surface area contributed by atoms with E-state index >= 15 is 0 Å². The molecule has 0 radical (unpaired) electrons. The quantitative estimate of drug-likeness (QED) is 0.614. The molecule has 0 atom stereocenters. The predicted octanol–water partition coefficient (Wildman–Crippen LogP) is 4.24. The highest BCUT2D eigenvalue weighted by Gasteiger charge is 2.22. The molecule has 0 aliphatic carbocycles. The van der Waals surface area contributed by atoms with Crippen molar-refractivity contribution in [2.24, 2.45) is 0 Å². The molecule has 3 rings (SSSR count).